The number of aromatic nitrogens is 1. The number of thiazole rings is 1. The van der Waals surface area contributed by atoms with Gasteiger partial charge in [-0.1, -0.05) is 109 Å². The van der Waals surface area contributed by atoms with E-state index >= 15 is 0 Å². The summed E-state index contributed by atoms with van der Waals surface area (Å²) in [5.74, 6) is -0.0698. The van der Waals surface area contributed by atoms with Gasteiger partial charge in [-0.25, -0.2) is 4.98 Å². The molecule has 0 radical (unpaired) electrons. The highest BCUT2D eigenvalue weighted by atomic mass is 35.5. The largest absolute Gasteiger partial charge is 0.494 e. The van der Waals surface area contributed by atoms with Crippen LogP contribution < -0.4 is 25.4 Å². The number of nitrogens with zero attached hydrogens (tertiary/aromatic N) is 3. The number of hydrogen-bond acceptors (Lipinski definition) is 10. The lowest BCUT2D eigenvalue weighted by Crippen LogP contribution is -2.74. The first-order valence-corrected chi connectivity index (χ1v) is 24.5. The summed E-state index contributed by atoms with van der Waals surface area (Å²) in [6.45, 7) is 16.3. The lowest BCUT2D eigenvalue weighted by molar-refractivity contribution is -0.164. The van der Waals surface area contributed by atoms with Crippen LogP contribution in [0.5, 0.6) is 11.5 Å². The second kappa shape index (κ2) is 20.8. The molecule has 0 spiro atoms. The highest BCUT2D eigenvalue weighted by Crippen LogP contribution is 2.55. The molecule has 2 heterocycles. The fourth-order valence-electron chi connectivity index (χ4n) is 9.80. The van der Waals surface area contributed by atoms with Crippen molar-refractivity contribution in [1.29, 1.82) is 5.26 Å². The minimum absolute atomic E-state index is 0.00665. The maximum atomic E-state index is 14.1. The number of aliphatic hydroxyl groups is 1. The maximum Gasteiger partial charge on any atom is 0.251 e. The Bertz CT molecular complexity index is 2690. The van der Waals surface area contributed by atoms with Gasteiger partial charge in [0.05, 0.1) is 39.4 Å². The van der Waals surface area contributed by atoms with Gasteiger partial charge in [0.25, 0.3) is 5.91 Å². The van der Waals surface area contributed by atoms with Gasteiger partial charge in [-0.3, -0.25) is 19.2 Å². The number of β-amino-alcohol motifs (C(OH)–C–C–N with tert-alkyl or cyclic N) is 1. The molecule has 0 bridgehead atoms. The summed E-state index contributed by atoms with van der Waals surface area (Å²) in [5, 5.41) is 29.3. The van der Waals surface area contributed by atoms with Crippen molar-refractivity contribution in [2.24, 2.45) is 16.2 Å². The van der Waals surface area contributed by atoms with E-state index in [-0.39, 0.29) is 62.4 Å². The van der Waals surface area contributed by atoms with Gasteiger partial charge in [0.2, 0.25) is 17.7 Å². The van der Waals surface area contributed by atoms with Crippen LogP contribution in [0.15, 0.2) is 96.5 Å². The number of ether oxygens (including phenoxy) is 2. The van der Waals surface area contributed by atoms with Gasteiger partial charge in [0.15, 0.2) is 0 Å². The summed E-state index contributed by atoms with van der Waals surface area (Å²) in [6, 6.07) is 28.0. The van der Waals surface area contributed by atoms with E-state index < -0.39 is 40.3 Å². The Kier molecular flexibility index (Phi) is 15.2. The van der Waals surface area contributed by atoms with Crippen LogP contribution in [0.25, 0.3) is 21.6 Å². The highest BCUT2D eigenvalue weighted by molar-refractivity contribution is 7.13. The lowest BCUT2D eigenvalue weighted by atomic mass is 9.49. The molecular formula is C54H61ClN6O7S. The molecule has 1 saturated heterocycles. The van der Waals surface area contributed by atoms with Crippen molar-refractivity contribution in [3.8, 4) is 39.1 Å². The van der Waals surface area contributed by atoms with Gasteiger partial charge in [-0.15, -0.1) is 11.3 Å². The number of amides is 4. The highest BCUT2D eigenvalue weighted by Gasteiger charge is 2.64. The number of carbonyl (C=O) groups excluding carboxylic acids is 4. The van der Waals surface area contributed by atoms with Gasteiger partial charge in [-0.2, -0.15) is 5.26 Å². The van der Waals surface area contributed by atoms with E-state index in [0.717, 1.165) is 32.8 Å². The summed E-state index contributed by atoms with van der Waals surface area (Å²) >= 11 is 7.82. The number of aryl methyl sites for hydroxylation is 1. The first-order chi connectivity index (χ1) is 32.7. The molecular weight excluding hydrogens is 912 g/mol. The normalized spacial score (nSPS) is 19.6. The lowest BCUT2D eigenvalue weighted by Gasteiger charge is -2.63. The van der Waals surface area contributed by atoms with Crippen LogP contribution in [0.4, 0.5) is 0 Å². The van der Waals surface area contributed by atoms with E-state index in [1.165, 1.54) is 4.90 Å². The smallest absolute Gasteiger partial charge is 0.251 e. The van der Waals surface area contributed by atoms with Crippen molar-refractivity contribution in [1.82, 2.24) is 25.8 Å². The Morgan fingerprint density at radius 1 is 0.928 bits per heavy atom. The molecule has 362 valence electrons. The fraction of sp³-hybridized carbons (Fsp3) is 0.407. The number of hydrogen-bond donors (Lipinski definition) is 4. The molecule has 1 saturated carbocycles. The Labute approximate surface area is 413 Å². The molecule has 2 fully saturated rings. The molecule has 69 heavy (non-hydrogen) atoms. The molecule has 4 aromatic carbocycles. The van der Waals surface area contributed by atoms with Gasteiger partial charge < -0.3 is 35.4 Å². The van der Waals surface area contributed by atoms with Crippen LogP contribution >= 0.6 is 22.9 Å². The standard InChI is InChI=1S/C54H61ClN6O7S/c1-32-45(69-31-58-32)36-13-11-33(12-14-36)29-57-48(65)43-26-39(62)30-61(43)49(66)46(52(2,3)4)59-44(63)10-9-25-67-40-22-19-35(20-23-40)34-15-17-37(18-16-34)47(64)60-50-53(5,6)51(54(50,7)8)68-41-24-21-38(28-56)42(55)27-41/h11-24,27,31,39,43,46,50-51,62H,9-10,25-26,29-30H2,1-8H3,(H,57,65)(H,59,63)(H,60,64)/t39-,43+,46?,50-,51-/m1/s1. The van der Waals surface area contributed by atoms with E-state index in [9.17, 15) is 29.5 Å². The van der Waals surface area contributed by atoms with Crippen molar-refractivity contribution in [3.05, 3.63) is 124 Å². The average molecular weight is 974 g/mol. The summed E-state index contributed by atoms with van der Waals surface area (Å²) in [5.41, 5.74) is 6.04. The number of nitriles is 1. The van der Waals surface area contributed by atoms with Gasteiger partial charge in [0, 0.05) is 54.4 Å². The number of benzene rings is 4. The van der Waals surface area contributed by atoms with E-state index in [0.29, 0.717) is 34.1 Å². The minimum atomic E-state index is -0.928. The molecule has 4 N–H and O–H groups in total. The van der Waals surface area contributed by atoms with Crippen LogP contribution in [0.1, 0.15) is 94.9 Å². The van der Waals surface area contributed by atoms with Crippen molar-refractivity contribution in [3.63, 3.8) is 0 Å². The SMILES string of the molecule is Cc1ncsc1-c1ccc(CNC(=O)[C@@H]2C[C@@H](O)CN2C(=O)C(NC(=O)CCCOc2ccc(-c3ccc(C(=O)N[C@H]4C(C)(C)[C@H](Oc5ccc(C#N)c(Cl)c5)C4(C)C)cc3)cc2)C(C)(C)C)cc1. The molecule has 1 aromatic heterocycles. The zero-order chi connectivity index (χ0) is 49.8. The molecule has 1 aliphatic carbocycles. The Morgan fingerprint density at radius 3 is 2.14 bits per heavy atom. The molecule has 13 nitrogen and oxygen atoms in total. The predicted molar refractivity (Wildman–Crippen MR) is 268 cm³/mol. The zero-order valence-corrected chi connectivity index (χ0v) is 42.0. The molecule has 1 aliphatic heterocycles. The van der Waals surface area contributed by atoms with Crippen LogP contribution in [0.3, 0.4) is 0 Å². The predicted octanol–water partition coefficient (Wildman–Crippen LogP) is 8.89. The average Bonchev–Trinajstić information content (AvgIpc) is 3.94. The van der Waals surface area contributed by atoms with E-state index in [1.54, 1.807) is 41.7 Å². The molecule has 4 amide bonds. The molecule has 7 rings (SSSR count). The zero-order valence-electron chi connectivity index (χ0n) is 40.4. The maximum absolute atomic E-state index is 14.1. The van der Waals surface area contributed by atoms with Crippen LogP contribution in [0, 0.1) is 34.5 Å². The third-order valence-corrected chi connectivity index (χ3v) is 14.6. The van der Waals surface area contributed by atoms with Gasteiger partial charge >= 0.3 is 0 Å². The number of carbonyl (C=O) groups is 4. The molecule has 5 aromatic rings. The van der Waals surface area contributed by atoms with Crippen LogP contribution in [-0.2, 0) is 20.9 Å². The molecule has 1 unspecified atom stereocenters. The number of halogens is 1. The summed E-state index contributed by atoms with van der Waals surface area (Å²) < 4.78 is 12.3. The molecule has 15 heteroatoms. The third-order valence-electron chi connectivity index (χ3n) is 13.3. The number of rotatable bonds is 16. The number of likely N-dealkylation sites (tertiary alicyclic amines) is 1. The van der Waals surface area contributed by atoms with Crippen molar-refractivity contribution >= 4 is 46.6 Å². The van der Waals surface area contributed by atoms with Crippen molar-refractivity contribution < 1.29 is 33.8 Å². The number of aliphatic hydroxyl groups excluding tert-OH is 1. The second-order valence-corrected chi connectivity index (χ2v) is 21.6. The Morgan fingerprint density at radius 2 is 1.55 bits per heavy atom. The second-order valence-electron chi connectivity index (χ2n) is 20.3. The summed E-state index contributed by atoms with van der Waals surface area (Å²) in [4.78, 5) is 61.1. The third kappa shape index (κ3) is 11.4. The van der Waals surface area contributed by atoms with E-state index in [2.05, 4.69) is 54.7 Å². The first kappa shape index (κ1) is 50.6. The van der Waals surface area contributed by atoms with Gasteiger partial charge in [0.1, 0.15) is 35.8 Å². The topological polar surface area (TPSA) is 183 Å². The summed E-state index contributed by atoms with van der Waals surface area (Å²) in [6.07, 6.45) is -0.467. The van der Waals surface area contributed by atoms with E-state index in [4.69, 9.17) is 21.1 Å². The van der Waals surface area contributed by atoms with Crippen molar-refractivity contribution in [2.45, 2.75) is 112 Å². The quantitative estimate of drug-likeness (QED) is 0.0702. The minimum Gasteiger partial charge on any atom is -0.494 e. The van der Waals surface area contributed by atoms with Crippen LogP contribution in [-0.4, -0.2) is 82.1 Å². The molecule has 2 aliphatic rings. The number of nitrogens with one attached hydrogen (secondary N) is 3. The van der Waals surface area contributed by atoms with E-state index in [1.807, 2.05) is 93.9 Å². The fourth-order valence-corrected chi connectivity index (χ4v) is 10.8. The van der Waals surface area contributed by atoms with Crippen LogP contribution in [0.2, 0.25) is 5.02 Å². The molecule has 3 atom stereocenters. The van der Waals surface area contributed by atoms with Gasteiger partial charge in [-0.05, 0) is 77.4 Å². The Balaban J connectivity index is 0.858. The van der Waals surface area contributed by atoms with Crippen molar-refractivity contribution in [2.75, 3.05) is 13.2 Å². The monoisotopic (exact) mass is 972 g/mol. The summed E-state index contributed by atoms with van der Waals surface area (Å²) in [7, 11) is 0. The first-order valence-electron chi connectivity index (χ1n) is 23.2. The Hall–Kier alpha value is -6.27.